The predicted molar refractivity (Wildman–Crippen MR) is 74.3 cm³/mol. The van der Waals surface area contributed by atoms with Gasteiger partial charge in [-0.05, 0) is 6.07 Å². The van der Waals surface area contributed by atoms with E-state index in [4.69, 9.17) is 0 Å². The molecule has 100 valence electrons. The molecule has 0 atom stereocenters. The molecule has 3 aromatic heterocycles. The SMILES string of the molecule is Cn1ccnc1NC(=O)c1csc(-c2ncccn2)n1. The monoisotopic (exact) mass is 286 g/mol. The highest BCUT2D eigenvalue weighted by molar-refractivity contribution is 7.13. The van der Waals surface area contributed by atoms with E-state index in [0.29, 0.717) is 22.5 Å². The van der Waals surface area contributed by atoms with Crippen LogP contribution in [0.5, 0.6) is 0 Å². The van der Waals surface area contributed by atoms with Crippen molar-refractivity contribution in [3.63, 3.8) is 0 Å². The van der Waals surface area contributed by atoms with Crippen molar-refractivity contribution < 1.29 is 4.79 Å². The lowest BCUT2D eigenvalue weighted by molar-refractivity contribution is 0.102. The third-order valence-corrected chi connectivity index (χ3v) is 3.38. The molecule has 20 heavy (non-hydrogen) atoms. The fraction of sp³-hybridized carbons (Fsp3) is 0.0833. The third-order valence-electron chi connectivity index (χ3n) is 2.54. The first-order valence-corrected chi connectivity index (χ1v) is 6.63. The Balaban J connectivity index is 1.80. The molecule has 3 rings (SSSR count). The van der Waals surface area contributed by atoms with Crippen LogP contribution < -0.4 is 5.32 Å². The van der Waals surface area contributed by atoms with Gasteiger partial charge in [-0.25, -0.2) is 19.9 Å². The number of thiazole rings is 1. The number of carbonyl (C=O) groups is 1. The van der Waals surface area contributed by atoms with Crippen LogP contribution in [0.15, 0.2) is 36.2 Å². The molecule has 0 aromatic carbocycles. The predicted octanol–water partition coefficient (Wildman–Crippen LogP) is 1.59. The van der Waals surface area contributed by atoms with E-state index in [0.717, 1.165) is 0 Å². The van der Waals surface area contributed by atoms with Gasteiger partial charge < -0.3 is 4.57 Å². The fourth-order valence-corrected chi connectivity index (χ4v) is 2.29. The molecule has 3 aromatic rings. The van der Waals surface area contributed by atoms with Crippen molar-refractivity contribution in [2.45, 2.75) is 0 Å². The van der Waals surface area contributed by atoms with Crippen LogP contribution in [0.2, 0.25) is 0 Å². The average molecular weight is 286 g/mol. The Morgan fingerprint density at radius 2 is 2.05 bits per heavy atom. The van der Waals surface area contributed by atoms with Crippen molar-refractivity contribution in [2.24, 2.45) is 7.05 Å². The van der Waals surface area contributed by atoms with Crippen molar-refractivity contribution in [1.29, 1.82) is 0 Å². The van der Waals surface area contributed by atoms with Gasteiger partial charge in [-0.15, -0.1) is 11.3 Å². The van der Waals surface area contributed by atoms with Crippen LogP contribution in [-0.4, -0.2) is 30.4 Å². The summed E-state index contributed by atoms with van der Waals surface area (Å²) in [6.45, 7) is 0. The molecule has 0 aliphatic rings. The van der Waals surface area contributed by atoms with Crippen molar-refractivity contribution in [2.75, 3.05) is 5.32 Å². The Morgan fingerprint density at radius 3 is 2.75 bits per heavy atom. The number of nitrogens with one attached hydrogen (secondary N) is 1. The highest BCUT2D eigenvalue weighted by Crippen LogP contribution is 2.20. The Kier molecular flexibility index (Phi) is 3.21. The van der Waals surface area contributed by atoms with Crippen LogP contribution in [0.4, 0.5) is 5.95 Å². The maximum atomic E-state index is 12.0. The number of imidazole rings is 1. The highest BCUT2D eigenvalue weighted by Gasteiger charge is 2.14. The smallest absolute Gasteiger partial charge is 0.277 e. The minimum Gasteiger partial charge on any atom is -0.320 e. The molecule has 0 unspecified atom stereocenters. The summed E-state index contributed by atoms with van der Waals surface area (Å²) in [6.07, 6.45) is 6.63. The summed E-state index contributed by atoms with van der Waals surface area (Å²) in [6, 6.07) is 1.73. The summed E-state index contributed by atoms with van der Waals surface area (Å²) in [5.74, 6) is 0.673. The average Bonchev–Trinajstić information content (AvgIpc) is 3.10. The van der Waals surface area contributed by atoms with Crippen molar-refractivity contribution in [3.8, 4) is 10.8 Å². The maximum absolute atomic E-state index is 12.0. The Hall–Kier alpha value is -2.61. The number of nitrogens with zero attached hydrogens (tertiary/aromatic N) is 5. The van der Waals surface area contributed by atoms with E-state index in [9.17, 15) is 4.79 Å². The van der Waals surface area contributed by atoms with E-state index in [1.165, 1.54) is 11.3 Å². The summed E-state index contributed by atoms with van der Waals surface area (Å²) >= 11 is 1.32. The molecule has 8 heteroatoms. The van der Waals surface area contributed by atoms with Gasteiger partial charge in [0.2, 0.25) is 5.95 Å². The summed E-state index contributed by atoms with van der Waals surface area (Å²) in [7, 11) is 1.80. The third kappa shape index (κ3) is 2.41. The summed E-state index contributed by atoms with van der Waals surface area (Å²) in [5, 5.41) is 4.97. The standard InChI is InChI=1S/C12H10N6OS/c1-18-6-5-15-12(18)17-10(19)8-7-20-11(16-8)9-13-3-2-4-14-9/h2-7H,1H3,(H,15,17,19). The minimum absolute atomic E-state index is 0.308. The molecule has 0 radical (unpaired) electrons. The topological polar surface area (TPSA) is 85.6 Å². The number of rotatable bonds is 3. The first-order chi connectivity index (χ1) is 9.74. The van der Waals surface area contributed by atoms with E-state index >= 15 is 0 Å². The normalized spacial score (nSPS) is 10.4. The molecule has 0 saturated carbocycles. The fourth-order valence-electron chi connectivity index (χ4n) is 1.54. The van der Waals surface area contributed by atoms with Gasteiger partial charge >= 0.3 is 0 Å². The zero-order valence-corrected chi connectivity index (χ0v) is 11.3. The Bertz CT molecular complexity index is 735. The van der Waals surface area contributed by atoms with Gasteiger partial charge in [0.25, 0.3) is 5.91 Å². The first kappa shape index (κ1) is 12.4. The van der Waals surface area contributed by atoms with Gasteiger partial charge in [-0.2, -0.15) is 0 Å². The zero-order chi connectivity index (χ0) is 13.9. The number of aromatic nitrogens is 5. The van der Waals surface area contributed by atoms with Crippen molar-refractivity contribution in [1.82, 2.24) is 24.5 Å². The van der Waals surface area contributed by atoms with Gasteiger partial charge in [0.1, 0.15) is 5.69 Å². The van der Waals surface area contributed by atoms with Crippen molar-refractivity contribution in [3.05, 3.63) is 41.9 Å². The molecule has 7 nitrogen and oxygen atoms in total. The van der Waals surface area contributed by atoms with Crippen LogP contribution in [0.25, 0.3) is 10.8 Å². The summed E-state index contributed by atoms with van der Waals surface area (Å²) in [5.41, 5.74) is 0.320. The van der Waals surface area contributed by atoms with Crippen LogP contribution in [0, 0.1) is 0 Å². The van der Waals surface area contributed by atoms with Gasteiger partial charge in [0, 0.05) is 37.2 Å². The molecule has 0 bridgehead atoms. The van der Waals surface area contributed by atoms with E-state index in [-0.39, 0.29) is 5.91 Å². The van der Waals surface area contributed by atoms with E-state index in [1.807, 2.05) is 0 Å². The van der Waals surface area contributed by atoms with Crippen LogP contribution in [0.1, 0.15) is 10.5 Å². The second-order valence-electron chi connectivity index (χ2n) is 3.93. The van der Waals surface area contributed by atoms with Crippen molar-refractivity contribution >= 4 is 23.2 Å². The lowest BCUT2D eigenvalue weighted by atomic mass is 10.4. The quantitative estimate of drug-likeness (QED) is 0.790. The molecule has 0 fully saturated rings. The Morgan fingerprint density at radius 1 is 1.25 bits per heavy atom. The van der Waals surface area contributed by atoms with E-state index in [2.05, 4.69) is 25.3 Å². The van der Waals surface area contributed by atoms with Crippen LogP contribution >= 0.6 is 11.3 Å². The molecule has 0 saturated heterocycles. The molecule has 1 N–H and O–H groups in total. The van der Waals surface area contributed by atoms with Crippen LogP contribution in [0.3, 0.4) is 0 Å². The van der Waals surface area contributed by atoms with Gasteiger partial charge in [0.15, 0.2) is 10.8 Å². The molecular formula is C12H10N6OS. The molecule has 1 amide bonds. The number of hydrogen-bond acceptors (Lipinski definition) is 6. The number of hydrogen-bond donors (Lipinski definition) is 1. The molecule has 0 spiro atoms. The van der Waals surface area contributed by atoms with Gasteiger partial charge in [-0.1, -0.05) is 0 Å². The lowest BCUT2D eigenvalue weighted by Gasteiger charge is -2.01. The largest absolute Gasteiger partial charge is 0.320 e. The number of amides is 1. The number of carbonyl (C=O) groups excluding carboxylic acids is 1. The molecule has 0 aliphatic carbocycles. The molecule has 3 heterocycles. The zero-order valence-electron chi connectivity index (χ0n) is 10.5. The molecular weight excluding hydrogens is 276 g/mol. The highest BCUT2D eigenvalue weighted by atomic mass is 32.1. The second kappa shape index (κ2) is 5.17. The molecule has 0 aliphatic heterocycles. The Labute approximate surface area is 118 Å². The van der Waals surface area contributed by atoms with Gasteiger partial charge in [-0.3, -0.25) is 10.1 Å². The minimum atomic E-state index is -0.308. The van der Waals surface area contributed by atoms with Gasteiger partial charge in [0.05, 0.1) is 0 Å². The van der Waals surface area contributed by atoms with Crippen LogP contribution in [-0.2, 0) is 7.05 Å². The number of aryl methyl sites for hydroxylation is 1. The number of anilines is 1. The first-order valence-electron chi connectivity index (χ1n) is 5.75. The second-order valence-corrected chi connectivity index (χ2v) is 4.78. The van der Waals surface area contributed by atoms with E-state index in [1.54, 1.807) is 47.8 Å². The lowest BCUT2D eigenvalue weighted by Crippen LogP contribution is -2.15. The van der Waals surface area contributed by atoms with E-state index < -0.39 is 0 Å². The summed E-state index contributed by atoms with van der Waals surface area (Å²) < 4.78 is 1.71. The maximum Gasteiger partial charge on any atom is 0.277 e. The summed E-state index contributed by atoms with van der Waals surface area (Å²) in [4.78, 5) is 28.5.